The number of carboxylic acid groups (broad SMARTS) is 1. The molecule has 0 heterocycles. The van der Waals surface area contributed by atoms with Crippen molar-refractivity contribution in [3.05, 3.63) is 0 Å². The van der Waals surface area contributed by atoms with E-state index in [2.05, 4.69) is 0 Å². The first-order valence-corrected chi connectivity index (χ1v) is 2.72. The van der Waals surface area contributed by atoms with E-state index < -0.39 is 5.97 Å². The van der Waals surface area contributed by atoms with Gasteiger partial charge < -0.3 is 5.11 Å². The fourth-order valence-corrected chi connectivity index (χ4v) is 0. The Labute approximate surface area is 51.5 Å². The molecular weight excluding hydrogens is 279 g/mol. The molecule has 0 bridgehead atoms. The van der Waals surface area contributed by atoms with Crippen molar-refractivity contribution in [2.75, 3.05) is 0 Å². The SMILES string of the molecule is CC(=O)O.[O]=[Pb]. The van der Waals surface area contributed by atoms with Crippen molar-refractivity contribution >= 4 is 31.7 Å². The number of carboxylic acids is 1. The van der Waals surface area contributed by atoms with Crippen LogP contribution in [0.15, 0.2) is 0 Å². The fourth-order valence-electron chi connectivity index (χ4n) is 0. The fraction of sp³-hybridized carbons (Fsp3) is 0.500. The van der Waals surface area contributed by atoms with Crippen molar-refractivity contribution < 1.29 is 12.6 Å². The summed E-state index contributed by atoms with van der Waals surface area (Å²) in [5.74, 6) is -0.833. The topological polar surface area (TPSA) is 54.4 Å². The summed E-state index contributed by atoms with van der Waals surface area (Å²) in [4.78, 5) is 9.00. The van der Waals surface area contributed by atoms with E-state index >= 15 is 0 Å². The zero-order chi connectivity index (χ0) is 5.58. The van der Waals surface area contributed by atoms with Crippen molar-refractivity contribution in [2.24, 2.45) is 0 Å². The third-order valence-corrected chi connectivity index (χ3v) is 0. The molecule has 0 amide bonds. The minimum absolute atomic E-state index is 0.0556. The predicted molar refractivity (Wildman–Crippen MR) is 19.8 cm³/mol. The third-order valence-electron chi connectivity index (χ3n) is 0. The van der Waals surface area contributed by atoms with Crippen LogP contribution in [0.25, 0.3) is 0 Å². The van der Waals surface area contributed by atoms with Crippen LogP contribution in [0.2, 0.25) is 0 Å². The summed E-state index contributed by atoms with van der Waals surface area (Å²) in [6.45, 7) is 1.08. The van der Waals surface area contributed by atoms with Crippen LogP contribution in [0.5, 0.6) is 0 Å². The molecule has 0 saturated heterocycles. The van der Waals surface area contributed by atoms with E-state index in [1.54, 1.807) is 0 Å². The van der Waals surface area contributed by atoms with E-state index in [1.165, 1.54) is 0 Å². The van der Waals surface area contributed by atoms with Gasteiger partial charge in [0.25, 0.3) is 5.97 Å². The molecule has 0 atom stereocenters. The Morgan fingerprint density at radius 2 is 1.67 bits per heavy atom. The van der Waals surface area contributed by atoms with Gasteiger partial charge in [-0.05, 0) is 0 Å². The number of carbonyl (C=O) groups is 1. The van der Waals surface area contributed by atoms with Gasteiger partial charge in [-0.1, -0.05) is 0 Å². The molecule has 0 unspecified atom stereocenters. The molecule has 6 heavy (non-hydrogen) atoms. The molecule has 0 saturated carbocycles. The summed E-state index contributed by atoms with van der Waals surface area (Å²) in [6.07, 6.45) is 0. The van der Waals surface area contributed by atoms with Crippen LogP contribution in [0.3, 0.4) is 0 Å². The Kier molecular flexibility index (Phi) is 14.2. The van der Waals surface area contributed by atoms with Crippen LogP contribution >= 0.6 is 0 Å². The quantitative estimate of drug-likeness (QED) is 0.615. The molecule has 0 spiro atoms. The van der Waals surface area contributed by atoms with Gasteiger partial charge in [-0.3, -0.25) is 4.79 Å². The van der Waals surface area contributed by atoms with Crippen molar-refractivity contribution in [1.82, 2.24) is 0 Å². The Morgan fingerprint density at radius 1 is 1.67 bits per heavy atom. The first kappa shape index (κ1) is 9.50. The summed E-state index contributed by atoms with van der Waals surface area (Å²) in [5, 5.41) is 7.42. The Bertz CT molecular complexity index is 40.1. The monoisotopic (exact) mass is 284 g/mol. The molecule has 1 N–H and O–H groups in total. The van der Waals surface area contributed by atoms with Gasteiger partial charge >= 0.3 is 28.5 Å². The van der Waals surface area contributed by atoms with Crippen LogP contribution in [-0.4, -0.2) is 36.9 Å². The second-order valence-corrected chi connectivity index (χ2v) is 0.519. The van der Waals surface area contributed by atoms with Crippen molar-refractivity contribution in [3.63, 3.8) is 0 Å². The van der Waals surface area contributed by atoms with E-state index in [0.717, 1.165) is 6.92 Å². The van der Waals surface area contributed by atoms with Gasteiger partial charge in [0.2, 0.25) is 0 Å². The Balaban J connectivity index is 0. The zero-order valence-corrected chi connectivity index (χ0v) is 7.15. The number of hydrogen-bond acceptors (Lipinski definition) is 2. The summed E-state index contributed by atoms with van der Waals surface area (Å²) >= 11 is 0.0556. The van der Waals surface area contributed by atoms with E-state index in [9.17, 15) is 0 Å². The van der Waals surface area contributed by atoms with Gasteiger partial charge in [0.15, 0.2) is 0 Å². The molecule has 4 heteroatoms. The summed E-state index contributed by atoms with van der Waals surface area (Å²) in [7, 11) is 0. The van der Waals surface area contributed by atoms with Crippen LogP contribution in [0.1, 0.15) is 6.92 Å². The third kappa shape index (κ3) is 1160. The van der Waals surface area contributed by atoms with E-state index in [-0.39, 0.29) is 25.8 Å². The maximum atomic E-state index is 9.00. The number of hydrogen-bond donors (Lipinski definition) is 1. The predicted octanol–water partition coefficient (Wildman–Crippen LogP) is -0.409. The molecule has 0 aromatic carbocycles. The van der Waals surface area contributed by atoms with E-state index in [0.29, 0.717) is 0 Å². The molecular formula is C2H4O3Pb. The molecule has 0 aromatic rings. The maximum absolute atomic E-state index is 9.00. The van der Waals surface area contributed by atoms with Gasteiger partial charge in [0.05, 0.1) is 0 Å². The van der Waals surface area contributed by atoms with Crippen LogP contribution in [0, 0.1) is 0 Å². The molecule has 0 aromatic heterocycles. The van der Waals surface area contributed by atoms with Gasteiger partial charge in [-0.2, -0.15) is 0 Å². The van der Waals surface area contributed by atoms with Crippen LogP contribution in [0.4, 0.5) is 0 Å². The van der Waals surface area contributed by atoms with Crippen molar-refractivity contribution in [2.45, 2.75) is 6.92 Å². The van der Waals surface area contributed by atoms with Crippen molar-refractivity contribution in [3.8, 4) is 0 Å². The Morgan fingerprint density at radius 3 is 1.67 bits per heavy atom. The van der Waals surface area contributed by atoms with Gasteiger partial charge in [-0.15, -0.1) is 0 Å². The van der Waals surface area contributed by atoms with Gasteiger partial charge in [-0.25, -0.2) is 0 Å². The summed E-state index contributed by atoms with van der Waals surface area (Å²) in [6, 6.07) is 0. The molecule has 0 aliphatic rings. The molecule has 3 nitrogen and oxygen atoms in total. The number of aliphatic carboxylic acids is 1. The first-order valence-electron chi connectivity index (χ1n) is 1.13. The minimum atomic E-state index is -0.833. The molecule has 34 valence electrons. The molecule has 0 aliphatic heterocycles. The normalized spacial score (nSPS) is 4.83. The van der Waals surface area contributed by atoms with Gasteiger partial charge in [0, 0.05) is 6.92 Å². The average molecular weight is 283 g/mol. The molecule has 0 aliphatic carbocycles. The zero-order valence-electron chi connectivity index (χ0n) is 3.26. The molecule has 0 fully saturated rings. The first-order chi connectivity index (χ1) is 2.73. The van der Waals surface area contributed by atoms with E-state index in [1.807, 2.05) is 0 Å². The standard InChI is InChI=1S/C2H4O2.O.Pb/c1-2(3)4;;/h1H3,(H,3,4);;. The van der Waals surface area contributed by atoms with Crippen LogP contribution in [-0.2, 0) is 7.48 Å². The summed E-state index contributed by atoms with van der Waals surface area (Å²) in [5.41, 5.74) is 0. The van der Waals surface area contributed by atoms with Crippen LogP contribution < -0.4 is 0 Å². The summed E-state index contributed by atoms with van der Waals surface area (Å²) < 4.78 is 8.39. The molecule has 0 rings (SSSR count). The van der Waals surface area contributed by atoms with Gasteiger partial charge in [0.1, 0.15) is 0 Å². The van der Waals surface area contributed by atoms with Crippen molar-refractivity contribution in [1.29, 1.82) is 0 Å². The second-order valence-electron chi connectivity index (χ2n) is 0.519. The second kappa shape index (κ2) is 8.95. The number of rotatable bonds is 0. The Hall–Kier alpha value is 0.192. The van der Waals surface area contributed by atoms with E-state index in [4.69, 9.17) is 12.6 Å². The average Bonchev–Trinajstić information content (AvgIpc) is 1.41. The molecule has 2 radical (unpaired) electrons.